The molecule has 0 unspecified atom stereocenters. The van der Waals surface area contributed by atoms with E-state index in [4.69, 9.17) is 17.2 Å². The lowest BCUT2D eigenvalue weighted by molar-refractivity contribution is -0.122. The van der Waals surface area contributed by atoms with Crippen molar-refractivity contribution in [1.82, 2.24) is 16.0 Å². The summed E-state index contributed by atoms with van der Waals surface area (Å²) in [6.07, 6.45) is 0.258. The molecule has 3 amide bonds. The molecule has 0 aliphatic rings. The van der Waals surface area contributed by atoms with Crippen molar-refractivity contribution in [2.24, 2.45) is 37.6 Å². The smallest absolute Gasteiger partial charge is 0.251 e. The van der Waals surface area contributed by atoms with Crippen LogP contribution >= 0.6 is 0 Å². The molecule has 0 fully saturated rings. The molecule has 13 nitrogen and oxygen atoms in total. The third kappa shape index (κ3) is 11.0. The maximum Gasteiger partial charge on any atom is 0.251 e. The van der Waals surface area contributed by atoms with Crippen LogP contribution in [0, 0.1) is 0 Å². The van der Waals surface area contributed by atoms with Gasteiger partial charge in [-0.2, -0.15) is 5.10 Å². The summed E-state index contributed by atoms with van der Waals surface area (Å²) >= 11 is 0. The van der Waals surface area contributed by atoms with Crippen LogP contribution in [0.5, 0.6) is 0 Å². The zero-order chi connectivity index (χ0) is 35.9. The predicted octanol–water partition coefficient (Wildman–Crippen LogP) is 2.70. The van der Waals surface area contributed by atoms with E-state index in [1.165, 1.54) is 0 Å². The highest BCUT2D eigenvalue weighted by Gasteiger charge is 2.22. The maximum atomic E-state index is 13.4. The van der Waals surface area contributed by atoms with Gasteiger partial charge in [0.25, 0.3) is 11.8 Å². The fraction of sp³-hybridized carbons (Fsp3) is 0.162. The van der Waals surface area contributed by atoms with E-state index in [-0.39, 0.29) is 31.4 Å². The van der Waals surface area contributed by atoms with Crippen molar-refractivity contribution in [2.45, 2.75) is 26.3 Å². The van der Waals surface area contributed by atoms with Crippen LogP contribution in [-0.4, -0.2) is 60.1 Å². The summed E-state index contributed by atoms with van der Waals surface area (Å²) in [6, 6.07) is 31.5. The second-order valence-corrected chi connectivity index (χ2v) is 11.2. The topological polar surface area (TPSA) is 215 Å². The molecule has 0 saturated heterocycles. The first-order chi connectivity index (χ1) is 24.1. The number of benzene rings is 4. The molecule has 0 aliphatic heterocycles. The van der Waals surface area contributed by atoms with Gasteiger partial charge in [-0.15, -0.1) is 15.3 Å². The summed E-state index contributed by atoms with van der Waals surface area (Å²) < 4.78 is 0. The van der Waals surface area contributed by atoms with Crippen molar-refractivity contribution in [3.05, 3.63) is 143 Å². The van der Waals surface area contributed by atoms with Crippen LogP contribution < -0.4 is 33.2 Å². The van der Waals surface area contributed by atoms with E-state index in [0.29, 0.717) is 33.9 Å². The van der Waals surface area contributed by atoms with Crippen LogP contribution in [0.15, 0.2) is 130 Å². The highest BCUT2D eigenvalue weighted by Crippen LogP contribution is 2.14. The minimum absolute atomic E-state index is 0.141. The van der Waals surface area contributed by atoms with E-state index in [1.54, 1.807) is 56.3 Å². The van der Waals surface area contributed by atoms with Gasteiger partial charge in [0.2, 0.25) is 11.9 Å². The van der Waals surface area contributed by atoms with Gasteiger partial charge in [-0.1, -0.05) is 84.9 Å². The van der Waals surface area contributed by atoms with Crippen molar-refractivity contribution < 1.29 is 14.4 Å². The molecule has 50 heavy (non-hydrogen) atoms. The minimum Gasteiger partial charge on any atom is -0.386 e. The van der Waals surface area contributed by atoms with E-state index in [2.05, 4.69) is 36.4 Å². The first-order valence-corrected chi connectivity index (χ1v) is 15.8. The van der Waals surface area contributed by atoms with Crippen molar-refractivity contribution >= 4 is 40.9 Å². The van der Waals surface area contributed by atoms with Gasteiger partial charge in [0.15, 0.2) is 0 Å². The van der Waals surface area contributed by atoms with E-state index in [9.17, 15) is 14.4 Å². The van der Waals surface area contributed by atoms with Crippen LogP contribution in [0.2, 0.25) is 0 Å². The summed E-state index contributed by atoms with van der Waals surface area (Å²) in [5.41, 5.74) is 21.5. The molecule has 13 heteroatoms. The van der Waals surface area contributed by atoms with Gasteiger partial charge in [0.05, 0.1) is 5.71 Å². The average molecular weight is 673 g/mol. The number of carbonyl (C=O) groups excluding carboxylic acids is 3. The number of amidine groups is 1. The van der Waals surface area contributed by atoms with E-state index >= 15 is 0 Å². The maximum absolute atomic E-state index is 13.4. The van der Waals surface area contributed by atoms with Gasteiger partial charge in [0, 0.05) is 41.8 Å². The molecule has 1 atom stereocenters. The van der Waals surface area contributed by atoms with Crippen LogP contribution in [0.3, 0.4) is 0 Å². The summed E-state index contributed by atoms with van der Waals surface area (Å²) in [5.74, 6) is -1.01. The van der Waals surface area contributed by atoms with Gasteiger partial charge in [-0.3, -0.25) is 14.4 Å². The highest BCUT2D eigenvalue weighted by atomic mass is 16.2. The summed E-state index contributed by atoms with van der Waals surface area (Å²) in [7, 11) is 0. The number of nitrogens with two attached hydrogens (primary N) is 3. The Bertz CT molecular complexity index is 1900. The fourth-order valence-electron chi connectivity index (χ4n) is 4.75. The molecular formula is C37H40N10O3. The van der Waals surface area contributed by atoms with Gasteiger partial charge >= 0.3 is 0 Å². The highest BCUT2D eigenvalue weighted by molar-refractivity contribution is 6.13. The normalized spacial score (nSPS) is 12.4. The molecule has 4 aromatic carbocycles. The van der Waals surface area contributed by atoms with Crippen LogP contribution in [-0.2, 0) is 11.2 Å². The van der Waals surface area contributed by atoms with Crippen LogP contribution in [0.4, 0.5) is 0 Å². The number of hydrogen-bond acceptors (Lipinski definition) is 7. The first kappa shape index (κ1) is 36.2. The predicted molar refractivity (Wildman–Crippen MR) is 197 cm³/mol. The minimum atomic E-state index is -0.887. The van der Waals surface area contributed by atoms with Gasteiger partial charge in [-0.05, 0) is 49.2 Å². The third-order valence-corrected chi connectivity index (χ3v) is 7.25. The Kier molecular flexibility index (Phi) is 13.1. The molecule has 0 aliphatic carbocycles. The second-order valence-electron chi connectivity index (χ2n) is 11.2. The number of guanidine groups is 1. The van der Waals surface area contributed by atoms with Crippen molar-refractivity contribution in [2.75, 3.05) is 13.1 Å². The summed E-state index contributed by atoms with van der Waals surface area (Å²) in [6.45, 7) is 3.71. The summed E-state index contributed by atoms with van der Waals surface area (Å²) in [4.78, 5) is 39.6. The second kappa shape index (κ2) is 18.1. The molecule has 4 aromatic rings. The molecule has 4 rings (SSSR count). The van der Waals surface area contributed by atoms with Crippen LogP contribution in [0.25, 0.3) is 0 Å². The SMILES string of the molecule is CC(N)=N/N=C(/C)c1cccc(C(=O)NCCNC(=O)[C@H](Cc2ccccc2)NC(=O)c2ccc(/C(=N/N=C(N)N)c3ccccc3)cc2)c1. The fourth-order valence-corrected chi connectivity index (χ4v) is 4.75. The average Bonchev–Trinajstić information content (AvgIpc) is 3.13. The lowest BCUT2D eigenvalue weighted by Gasteiger charge is -2.19. The Morgan fingerprint density at radius 3 is 1.84 bits per heavy atom. The number of hydrogen-bond donors (Lipinski definition) is 6. The zero-order valence-corrected chi connectivity index (χ0v) is 27.8. The molecule has 0 bridgehead atoms. The number of nitrogens with zero attached hydrogens (tertiary/aromatic N) is 4. The molecular weight excluding hydrogens is 632 g/mol. The molecule has 256 valence electrons. The number of amides is 3. The van der Waals surface area contributed by atoms with E-state index in [1.807, 2.05) is 66.7 Å². The molecule has 0 saturated carbocycles. The van der Waals surface area contributed by atoms with Gasteiger partial charge in [-0.25, -0.2) is 0 Å². The Hall–Kier alpha value is -6.63. The molecule has 0 heterocycles. The van der Waals surface area contributed by atoms with Crippen molar-refractivity contribution in [1.29, 1.82) is 0 Å². The van der Waals surface area contributed by atoms with E-state index < -0.39 is 17.9 Å². The molecule has 9 N–H and O–H groups in total. The lowest BCUT2D eigenvalue weighted by atomic mass is 10.0. The summed E-state index contributed by atoms with van der Waals surface area (Å²) in [5, 5.41) is 24.4. The third-order valence-electron chi connectivity index (χ3n) is 7.25. The zero-order valence-electron chi connectivity index (χ0n) is 27.8. The molecule has 0 spiro atoms. The number of nitrogens with one attached hydrogen (secondary N) is 3. The standard InChI is InChI=1S/C37H40N10O3/c1-24(44-45-25(2)38)30-14-9-15-31(23-30)34(48)41-20-21-42-36(50)32(22-26-10-5-3-6-11-26)43-35(49)29-18-16-28(17-19-29)33(46-47-37(39)40)27-12-7-4-8-13-27/h3-19,23,32H,20-22H2,1-2H3,(H2,38,45)(H,41,48)(H,42,50)(H,43,49)(H4,39,40,47)/b44-24-,46-33+/t32-/m0/s1. The quantitative estimate of drug-likeness (QED) is 0.0512. The first-order valence-electron chi connectivity index (χ1n) is 15.8. The number of rotatable bonds is 14. The van der Waals surface area contributed by atoms with Gasteiger partial charge < -0.3 is 33.2 Å². The molecule has 0 radical (unpaired) electrons. The Labute approximate surface area is 290 Å². The Morgan fingerprint density at radius 1 is 0.600 bits per heavy atom. The van der Waals surface area contributed by atoms with E-state index in [0.717, 1.165) is 16.7 Å². The van der Waals surface area contributed by atoms with Crippen LogP contribution in [0.1, 0.15) is 56.8 Å². The Morgan fingerprint density at radius 2 is 1.18 bits per heavy atom. The Balaban J connectivity index is 1.40. The lowest BCUT2D eigenvalue weighted by Crippen LogP contribution is -2.49. The van der Waals surface area contributed by atoms with Crippen molar-refractivity contribution in [3.63, 3.8) is 0 Å². The number of carbonyl (C=O) groups is 3. The van der Waals surface area contributed by atoms with Crippen molar-refractivity contribution in [3.8, 4) is 0 Å². The monoisotopic (exact) mass is 672 g/mol. The largest absolute Gasteiger partial charge is 0.386 e. The van der Waals surface area contributed by atoms with Gasteiger partial charge in [0.1, 0.15) is 17.6 Å². The molecule has 0 aromatic heterocycles.